The molecule has 2 aliphatic rings. The van der Waals surface area contributed by atoms with Crippen molar-refractivity contribution in [1.82, 2.24) is 9.47 Å². The van der Waals surface area contributed by atoms with Gasteiger partial charge in [-0.1, -0.05) is 0 Å². The minimum atomic E-state index is -0.641. The predicted octanol–water partition coefficient (Wildman–Crippen LogP) is 3.04. The van der Waals surface area contributed by atoms with Crippen LogP contribution in [0, 0.1) is 26.6 Å². The molecule has 8 heteroatoms. The van der Waals surface area contributed by atoms with Gasteiger partial charge < -0.3 is 19.9 Å². The molecule has 7 nitrogen and oxygen atoms in total. The number of nitrogens with one attached hydrogen (secondary N) is 1. The molecule has 2 saturated heterocycles. The van der Waals surface area contributed by atoms with Gasteiger partial charge >= 0.3 is 0 Å². The van der Waals surface area contributed by atoms with Gasteiger partial charge in [-0.05, 0) is 75.8 Å². The molecule has 2 unspecified atom stereocenters. The Balaban J connectivity index is 1.61. The number of ketones is 1. The fourth-order valence-corrected chi connectivity index (χ4v) is 5.25. The number of anilines is 1. The maximum absolute atomic E-state index is 13.5. The standard InChI is InChI=1S/C24H28FN3O4/c1-12-9-15(5-8-19(12)25)26-23(31)20-13(2)21(27(4)14(20)3)22(30)24(32)28-16-6-7-17(28)11-18(29)10-16/h5,8-9,16-18,29H,6-7,10-11H2,1-4H3,(H,26,31)/t16-,17?,18?/m0/s1. The Labute approximate surface area is 186 Å². The lowest BCUT2D eigenvalue weighted by Crippen LogP contribution is -2.50. The summed E-state index contributed by atoms with van der Waals surface area (Å²) in [5.74, 6) is -2.00. The van der Waals surface area contributed by atoms with Crippen LogP contribution in [0.1, 0.15) is 63.4 Å². The normalized spacial score (nSPS) is 22.2. The van der Waals surface area contributed by atoms with Gasteiger partial charge in [0.2, 0.25) is 0 Å². The van der Waals surface area contributed by atoms with Crippen molar-refractivity contribution in [2.45, 2.75) is 64.6 Å². The lowest BCUT2D eigenvalue weighted by atomic mass is 9.98. The van der Waals surface area contributed by atoms with Crippen LogP contribution in [0.15, 0.2) is 18.2 Å². The first-order valence-corrected chi connectivity index (χ1v) is 10.9. The molecular weight excluding hydrogens is 413 g/mol. The molecule has 32 heavy (non-hydrogen) atoms. The Bertz CT molecular complexity index is 1110. The van der Waals surface area contributed by atoms with E-state index >= 15 is 0 Å². The first-order valence-electron chi connectivity index (χ1n) is 10.9. The van der Waals surface area contributed by atoms with Crippen LogP contribution >= 0.6 is 0 Å². The number of hydrogen-bond acceptors (Lipinski definition) is 4. The number of benzene rings is 1. The summed E-state index contributed by atoms with van der Waals surface area (Å²) in [6.07, 6.45) is 2.13. The number of carbonyl (C=O) groups is 3. The van der Waals surface area contributed by atoms with E-state index in [1.807, 2.05) is 0 Å². The number of carbonyl (C=O) groups excluding carboxylic acids is 3. The third-order valence-corrected chi connectivity index (χ3v) is 6.93. The van der Waals surface area contributed by atoms with E-state index in [1.54, 1.807) is 37.3 Å². The number of piperidine rings is 1. The second-order valence-electron chi connectivity index (χ2n) is 8.96. The van der Waals surface area contributed by atoms with Crippen LogP contribution in [0.2, 0.25) is 0 Å². The number of Topliss-reactive ketones (excluding diaryl/α,β-unsaturated/α-hetero) is 1. The van der Waals surface area contributed by atoms with Gasteiger partial charge in [-0.15, -0.1) is 0 Å². The minimum Gasteiger partial charge on any atom is -0.393 e. The molecule has 0 radical (unpaired) electrons. The van der Waals surface area contributed by atoms with Crippen molar-refractivity contribution in [2.24, 2.45) is 7.05 Å². The van der Waals surface area contributed by atoms with Gasteiger partial charge in [0, 0.05) is 30.5 Å². The fourth-order valence-electron chi connectivity index (χ4n) is 5.25. The van der Waals surface area contributed by atoms with Crippen LogP contribution in [-0.2, 0) is 11.8 Å². The number of aliphatic hydroxyl groups excluding tert-OH is 1. The lowest BCUT2D eigenvalue weighted by Gasteiger charge is -2.36. The van der Waals surface area contributed by atoms with Crippen LogP contribution in [-0.4, -0.2) is 50.4 Å². The van der Waals surface area contributed by atoms with Crippen LogP contribution < -0.4 is 5.32 Å². The number of aromatic nitrogens is 1. The first-order chi connectivity index (χ1) is 15.1. The molecular formula is C24H28FN3O4. The molecule has 1 aromatic carbocycles. The van der Waals surface area contributed by atoms with E-state index in [0.717, 1.165) is 12.8 Å². The first kappa shape index (κ1) is 22.2. The molecule has 3 atom stereocenters. The second-order valence-corrected chi connectivity index (χ2v) is 8.96. The highest BCUT2D eigenvalue weighted by atomic mass is 19.1. The number of amides is 2. The zero-order valence-corrected chi connectivity index (χ0v) is 18.7. The van der Waals surface area contributed by atoms with Gasteiger partial charge in [-0.25, -0.2) is 4.39 Å². The number of nitrogens with zero attached hydrogens (tertiary/aromatic N) is 2. The van der Waals surface area contributed by atoms with E-state index in [-0.39, 0.29) is 23.6 Å². The molecule has 2 fully saturated rings. The van der Waals surface area contributed by atoms with Gasteiger partial charge in [0.05, 0.1) is 17.4 Å². The topological polar surface area (TPSA) is 91.6 Å². The number of halogens is 1. The van der Waals surface area contributed by atoms with Crippen LogP contribution in [0.5, 0.6) is 0 Å². The number of aryl methyl sites for hydroxylation is 1. The van der Waals surface area contributed by atoms with E-state index in [0.29, 0.717) is 40.9 Å². The monoisotopic (exact) mass is 441 g/mol. The highest BCUT2D eigenvalue weighted by molar-refractivity contribution is 6.43. The third kappa shape index (κ3) is 3.62. The number of hydrogen-bond donors (Lipinski definition) is 2. The summed E-state index contributed by atoms with van der Waals surface area (Å²) < 4.78 is 15.1. The van der Waals surface area contributed by atoms with Crippen molar-refractivity contribution in [3.63, 3.8) is 0 Å². The molecule has 4 rings (SSSR count). The number of fused-ring (bicyclic) bond motifs is 2. The van der Waals surface area contributed by atoms with Crippen molar-refractivity contribution in [3.05, 3.63) is 52.1 Å². The Kier molecular flexibility index (Phi) is 5.67. The van der Waals surface area contributed by atoms with E-state index < -0.39 is 23.7 Å². The highest BCUT2D eigenvalue weighted by Gasteiger charge is 2.45. The van der Waals surface area contributed by atoms with Crippen molar-refractivity contribution in [2.75, 3.05) is 5.32 Å². The second kappa shape index (κ2) is 8.16. The zero-order chi connectivity index (χ0) is 23.3. The van der Waals surface area contributed by atoms with Gasteiger partial charge in [0.25, 0.3) is 17.6 Å². The molecule has 0 spiro atoms. The van der Waals surface area contributed by atoms with E-state index in [9.17, 15) is 23.9 Å². The Morgan fingerprint density at radius 1 is 1.09 bits per heavy atom. The van der Waals surface area contributed by atoms with Gasteiger partial charge in [-0.2, -0.15) is 0 Å². The van der Waals surface area contributed by atoms with Crippen LogP contribution in [0.3, 0.4) is 0 Å². The van der Waals surface area contributed by atoms with Gasteiger partial charge in [0.1, 0.15) is 5.82 Å². The van der Waals surface area contributed by atoms with E-state index in [2.05, 4.69) is 5.32 Å². The molecule has 2 aliphatic heterocycles. The van der Waals surface area contributed by atoms with Gasteiger partial charge in [0.15, 0.2) is 0 Å². The molecule has 2 N–H and O–H groups in total. The summed E-state index contributed by atoms with van der Waals surface area (Å²) in [5, 5.41) is 12.8. The van der Waals surface area contributed by atoms with Crippen LogP contribution in [0.25, 0.3) is 0 Å². The largest absolute Gasteiger partial charge is 0.393 e. The Morgan fingerprint density at radius 3 is 2.31 bits per heavy atom. The van der Waals surface area contributed by atoms with Crippen molar-refractivity contribution in [1.29, 1.82) is 0 Å². The van der Waals surface area contributed by atoms with Crippen molar-refractivity contribution >= 4 is 23.3 Å². The smallest absolute Gasteiger partial charge is 0.297 e. The minimum absolute atomic E-state index is 0.119. The Hall–Kier alpha value is -3.00. The Morgan fingerprint density at radius 2 is 1.72 bits per heavy atom. The molecule has 3 heterocycles. The molecule has 2 bridgehead atoms. The molecule has 2 aromatic rings. The quantitative estimate of drug-likeness (QED) is 0.564. The van der Waals surface area contributed by atoms with E-state index in [4.69, 9.17) is 0 Å². The summed E-state index contributed by atoms with van der Waals surface area (Å²) in [5.41, 5.74) is 2.37. The van der Waals surface area contributed by atoms with E-state index in [1.165, 1.54) is 18.2 Å². The molecule has 170 valence electrons. The average molecular weight is 442 g/mol. The molecule has 2 amide bonds. The summed E-state index contributed by atoms with van der Waals surface area (Å²) >= 11 is 0. The molecule has 0 saturated carbocycles. The maximum atomic E-state index is 13.5. The fraction of sp³-hybridized carbons (Fsp3) is 0.458. The highest BCUT2D eigenvalue weighted by Crippen LogP contribution is 2.36. The van der Waals surface area contributed by atoms with Crippen molar-refractivity contribution in [3.8, 4) is 0 Å². The predicted molar refractivity (Wildman–Crippen MR) is 117 cm³/mol. The molecule has 0 aliphatic carbocycles. The lowest BCUT2D eigenvalue weighted by molar-refractivity contribution is -0.132. The number of rotatable bonds is 4. The number of aliphatic hydroxyl groups is 1. The SMILES string of the molecule is Cc1cc(NC(=O)c2c(C)c(C(=O)C(=O)N3C4CC[C@H]3CC(O)C4)n(C)c2C)ccc1F. The summed E-state index contributed by atoms with van der Waals surface area (Å²) in [7, 11) is 1.66. The average Bonchev–Trinajstić information content (AvgIpc) is 3.13. The summed E-state index contributed by atoms with van der Waals surface area (Å²) in [6, 6.07) is 4.06. The van der Waals surface area contributed by atoms with Crippen LogP contribution in [0.4, 0.5) is 10.1 Å². The zero-order valence-electron chi connectivity index (χ0n) is 18.7. The maximum Gasteiger partial charge on any atom is 0.297 e. The summed E-state index contributed by atoms with van der Waals surface area (Å²) in [6.45, 7) is 4.99. The third-order valence-electron chi connectivity index (χ3n) is 6.93. The van der Waals surface area contributed by atoms with Gasteiger partial charge in [-0.3, -0.25) is 14.4 Å². The molecule has 1 aromatic heterocycles. The van der Waals surface area contributed by atoms with Crippen molar-refractivity contribution < 1.29 is 23.9 Å². The summed E-state index contributed by atoms with van der Waals surface area (Å²) in [4.78, 5) is 41.1.